The van der Waals surface area contributed by atoms with Crippen LogP contribution >= 0.6 is 22.6 Å². The summed E-state index contributed by atoms with van der Waals surface area (Å²) in [6, 6.07) is 2.21. The summed E-state index contributed by atoms with van der Waals surface area (Å²) in [6.45, 7) is 6.42. The molecule has 0 N–H and O–H groups in total. The Morgan fingerprint density at radius 3 is 2.46 bits per heavy atom. The van der Waals surface area contributed by atoms with Gasteiger partial charge in [0.25, 0.3) is 0 Å². The fraction of sp³-hybridized carbons (Fsp3) is 0.333. The molecule has 0 unspecified atom stereocenters. The van der Waals surface area contributed by atoms with Crippen molar-refractivity contribution in [2.45, 2.75) is 27.2 Å². The van der Waals surface area contributed by atoms with Gasteiger partial charge in [-0.25, -0.2) is 0 Å². The zero-order valence-electron chi connectivity index (χ0n) is 8.24. The summed E-state index contributed by atoms with van der Waals surface area (Å²) in [5, 5.41) is 0. The predicted molar refractivity (Wildman–Crippen MR) is 65.9 cm³/mol. The molecule has 0 aliphatic rings. The van der Waals surface area contributed by atoms with Crippen LogP contribution in [0.5, 0.6) is 0 Å². The standard InChI is InChI=1S/C12H13I/c1-5-6-11-8(2)7-9(3)12(13)10(11)4/h1,7H,6H2,2-4H3. The van der Waals surface area contributed by atoms with Gasteiger partial charge < -0.3 is 0 Å². The van der Waals surface area contributed by atoms with Crippen LogP contribution in [0.25, 0.3) is 0 Å². The first kappa shape index (κ1) is 10.6. The van der Waals surface area contributed by atoms with Crippen LogP contribution in [0.15, 0.2) is 6.07 Å². The lowest BCUT2D eigenvalue weighted by Crippen LogP contribution is -1.97. The largest absolute Gasteiger partial charge is 0.120 e. The third-order valence-electron chi connectivity index (χ3n) is 2.32. The molecule has 0 aromatic heterocycles. The Hall–Kier alpha value is -0.490. The Kier molecular flexibility index (Phi) is 3.38. The first-order chi connectivity index (χ1) is 6.07. The maximum atomic E-state index is 5.33. The lowest BCUT2D eigenvalue weighted by atomic mass is 9.98. The maximum absolute atomic E-state index is 5.33. The van der Waals surface area contributed by atoms with Crippen LogP contribution in [0.2, 0.25) is 0 Å². The van der Waals surface area contributed by atoms with Crippen LogP contribution in [-0.4, -0.2) is 0 Å². The molecule has 0 aliphatic carbocycles. The van der Waals surface area contributed by atoms with E-state index in [-0.39, 0.29) is 0 Å². The quantitative estimate of drug-likeness (QED) is 0.548. The van der Waals surface area contributed by atoms with Crippen molar-refractivity contribution in [2.24, 2.45) is 0 Å². The van der Waals surface area contributed by atoms with Crippen molar-refractivity contribution in [3.05, 3.63) is 31.9 Å². The molecule has 0 saturated heterocycles. The van der Waals surface area contributed by atoms with E-state index >= 15 is 0 Å². The number of aryl methyl sites for hydroxylation is 2. The molecule has 1 rings (SSSR count). The van der Waals surface area contributed by atoms with Crippen LogP contribution in [0, 0.1) is 36.7 Å². The van der Waals surface area contributed by atoms with Gasteiger partial charge in [0.15, 0.2) is 0 Å². The molecule has 0 atom stereocenters. The average molecular weight is 284 g/mol. The fourth-order valence-electron chi connectivity index (χ4n) is 1.57. The molecule has 0 amide bonds. The minimum Gasteiger partial charge on any atom is -0.120 e. The number of terminal acetylenes is 1. The molecule has 1 aromatic rings. The first-order valence-electron chi connectivity index (χ1n) is 4.26. The summed E-state index contributed by atoms with van der Waals surface area (Å²) >= 11 is 2.38. The van der Waals surface area contributed by atoms with Gasteiger partial charge in [0, 0.05) is 9.99 Å². The van der Waals surface area contributed by atoms with Gasteiger partial charge in [0.1, 0.15) is 0 Å². The highest BCUT2D eigenvalue weighted by Gasteiger charge is 2.07. The van der Waals surface area contributed by atoms with Crippen molar-refractivity contribution in [3.8, 4) is 12.3 Å². The van der Waals surface area contributed by atoms with E-state index in [0.29, 0.717) is 0 Å². The Morgan fingerprint density at radius 2 is 1.92 bits per heavy atom. The van der Waals surface area contributed by atoms with Gasteiger partial charge in [0.2, 0.25) is 0 Å². The summed E-state index contributed by atoms with van der Waals surface area (Å²) in [4.78, 5) is 0. The molecule has 0 fully saturated rings. The van der Waals surface area contributed by atoms with Gasteiger partial charge in [0.05, 0.1) is 0 Å². The molecule has 1 aromatic carbocycles. The van der Waals surface area contributed by atoms with Crippen molar-refractivity contribution >= 4 is 22.6 Å². The van der Waals surface area contributed by atoms with Crippen molar-refractivity contribution in [1.82, 2.24) is 0 Å². The number of halogens is 1. The van der Waals surface area contributed by atoms with E-state index in [4.69, 9.17) is 6.42 Å². The lowest BCUT2D eigenvalue weighted by molar-refractivity contribution is 1.16. The molecule has 0 bridgehead atoms. The SMILES string of the molecule is C#CCc1c(C)cc(C)c(I)c1C. The summed E-state index contributed by atoms with van der Waals surface area (Å²) in [5.74, 6) is 2.71. The molecule has 1 heteroatoms. The molecule has 0 spiro atoms. The van der Waals surface area contributed by atoms with Crippen LogP contribution in [0.3, 0.4) is 0 Å². The second kappa shape index (κ2) is 4.15. The monoisotopic (exact) mass is 284 g/mol. The van der Waals surface area contributed by atoms with Crippen molar-refractivity contribution < 1.29 is 0 Å². The Bertz CT molecular complexity index is 370. The normalized spacial score (nSPS) is 9.77. The van der Waals surface area contributed by atoms with E-state index in [2.05, 4.69) is 55.3 Å². The molecule has 0 nitrogen and oxygen atoms in total. The number of rotatable bonds is 1. The molecule has 68 valence electrons. The zero-order chi connectivity index (χ0) is 10.0. The molecular weight excluding hydrogens is 271 g/mol. The Labute approximate surface area is 93.9 Å². The molecule has 0 aliphatic heterocycles. The summed E-state index contributed by atoms with van der Waals surface area (Å²) < 4.78 is 1.34. The average Bonchev–Trinajstić information content (AvgIpc) is 2.09. The highest BCUT2D eigenvalue weighted by molar-refractivity contribution is 14.1. The smallest absolute Gasteiger partial charge is 0.0343 e. The third kappa shape index (κ3) is 2.05. The van der Waals surface area contributed by atoms with Crippen LogP contribution < -0.4 is 0 Å². The Balaban J connectivity index is 3.36. The lowest BCUT2D eigenvalue weighted by Gasteiger charge is -2.11. The maximum Gasteiger partial charge on any atom is 0.0343 e. The van der Waals surface area contributed by atoms with Crippen LogP contribution in [-0.2, 0) is 6.42 Å². The number of benzene rings is 1. The minimum absolute atomic E-state index is 0.744. The predicted octanol–water partition coefficient (Wildman–Crippen LogP) is 3.39. The molecule has 0 saturated carbocycles. The first-order valence-corrected chi connectivity index (χ1v) is 5.34. The van der Waals surface area contributed by atoms with E-state index in [1.54, 1.807) is 0 Å². The zero-order valence-corrected chi connectivity index (χ0v) is 10.4. The number of hydrogen-bond acceptors (Lipinski definition) is 0. The van der Waals surface area contributed by atoms with Gasteiger partial charge in [-0.1, -0.05) is 6.07 Å². The molecule has 0 radical (unpaired) electrons. The topological polar surface area (TPSA) is 0 Å². The van der Waals surface area contributed by atoms with Crippen molar-refractivity contribution in [1.29, 1.82) is 0 Å². The van der Waals surface area contributed by atoms with E-state index in [1.807, 2.05) is 0 Å². The van der Waals surface area contributed by atoms with Gasteiger partial charge in [-0.3, -0.25) is 0 Å². The highest BCUT2D eigenvalue weighted by atomic mass is 127. The second-order valence-electron chi connectivity index (χ2n) is 3.31. The van der Waals surface area contributed by atoms with E-state index < -0.39 is 0 Å². The van der Waals surface area contributed by atoms with Crippen molar-refractivity contribution in [3.63, 3.8) is 0 Å². The van der Waals surface area contributed by atoms with E-state index in [1.165, 1.54) is 25.8 Å². The molecular formula is C12H13I. The van der Waals surface area contributed by atoms with Crippen molar-refractivity contribution in [2.75, 3.05) is 0 Å². The van der Waals surface area contributed by atoms with Crippen LogP contribution in [0.4, 0.5) is 0 Å². The summed E-state index contributed by atoms with van der Waals surface area (Å²) in [6.07, 6.45) is 6.08. The molecule has 13 heavy (non-hydrogen) atoms. The molecule has 0 heterocycles. The second-order valence-corrected chi connectivity index (χ2v) is 4.39. The third-order valence-corrected chi connectivity index (χ3v) is 3.98. The fourth-order valence-corrected chi connectivity index (χ4v) is 2.05. The van der Waals surface area contributed by atoms with Crippen LogP contribution in [0.1, 0.15) is 22.3 Å². The highest BCUT2D eigenvalue weighted by Crippen LogP contribution is 2.23. The minimum atomic E-state index is 0.744. The van der Waals surface area contributed by atoms with Gasteiger partial charge in [-0.2, -0.15) is 0 Å². The summed E-state index contributed by atoms with van der Waals surface area (Å²) in [5.41, 5.74) is 5.32. The summed E-state index contributed by atoms with van der Waals surface area (Å²) in [7, 11) is 0. The van der Waals surface area contributed by atoms with E-state index in [0.717, 1.165) is 6.42 Å². The Morgan fingerprint density at radius 1 is 1.31 bits per heavy atom. The van der Waals surface area contributed by atoms with Gasteiger partial charge in [-0.05, 0) is 65.6 Å². The number of hydrogen-bond donors (Lipinski definition) is 0. The van der Waals surface area contributed by atoms with Gasteiger partial charge >= 0.3 is 0 Å². The van der Waals surface area contributed by atoms with E-state index in [9.17, 15) is 0 Å². The van der Waals surface area contributed by atoms with Gasteiger partial charge in [-0.15, -0.1) is 12.3 Å².